The zero-order valence-corrected chi connectivity index (χ0v) is 21.0. The molecule has 3 aromatic carbocycles. The molecule has 1 aliphatic rings. The first-order valence-electron chi connectivity index (χ1n) is 12.2. The van der Waals surface area contributed by atoms with Crippen LogP contribution in [0.5, 0.6) is 23.0 Å². The second kappa shape index (κ2) is 10.3. The number of aromatic nitrogens is 2. The first kappa shape index (κ1) is 24.2. The van der Waals surface area contributed by atoms with Crippen molar-refractivity contribution in [3.05, 3.63) is 89.1 Å². The molecule has 0 saturated heterocycles. The Morgan fingerprint density at radius 2 is 1.76 bits per heavy atom. The van der Waals surface area contributed by atoms with Gasteiger partial charge in [-0.1, -0.05) is 42.5 Å². The van der Waals surface area contributed by atoms with Crippen LogP contribution in [0.4, 0.5) is 0 Å². The highest BCUT2D eigenvalue weighted by Crippen LogP contribution is 2.44. The second-order valence-electron chi connectivity index (χ2n) is 8.73. The van der Waals surface area contributed by atoms with Crippen LogP contribution in [0.3, 0.4) is 0 Å². The lowest BCUT2D eigenvalue weighted by Gasteiger charge is -2.27. The van der Waals surface area contributed by atoms with Crippen molar-refractivity contribution >= 4 is 5.91 Å². The van der Waals surface area contributed by atoms with Gasteiger partial charge in [-0.3, -0.25) is 9.89 Å². The Morgan fingerprint density at radius 3 is 2.49 bits per heavy atom. The van der Waals surface area contributed by atoms with Gasteiger partial charge in [0.05, 0.1) is 32.6 Å². The van der Waals surface area contributed by atoms with Crippen molar-refractivity contribution in [3.8, 4) is 34.3 Å². The molecule has 1 amide bonds. The number of phenols is 1. The number of hydrogen-bond donors (Lipinski definition) is 2. The van der Waals surface area contributed by atoms with Crippen LogP contribution in [0, 0.1) is 0 Å². The predicted octanol–water partition coefficient (Wildman–Crippen LogP) is 4.99. The fourth-order valence-electron chi connectivity index (χ4n) is 4.85. The van der Waals surface area contributed by atoms with E-state index >= 15 is 0 Å². The minimum atomic E-state index is -0.406. The molecule has 1 aromatic heterocycles. The van der Waals surface area contributed by atoms with E-state index in [4.69, 9.17) is 14.2 Å². The highest BCUT2D eigenvalue weighted by atomic mass is 16.5. The lowest BCUT2D eigenvalue weighted by atomic mass is 9.95. The molecule has 2 N–H and O–H groups in total. The number of benzene rings is 3. The summed E-state index contributed by atoms with van der Waals surface area (Å²) in [4.78, 5) is 15.5. The average molecular weight is 500 g/mol. The zero-order chi connectivity index (χ0) is 25.9. The number of nitrogens with one attached hydrogen (secondary N) is 1. The Bertz CT molecular complexity index is 1420. The minimum Gasteiger partial charge on any atom is -0.504 e. The molecule has 0 fully saturated rings. The largest absolute Gasteiger partial charge is 0.504 e. The van der Waals surface area contributed by atoms with Crippen LogP contribution in [-0.4, -0.2) is 53.5 Å². The number of hydrogen-bond acceptors (Lipinski definition) is 6. The molecule has 0 radical (unpaired) electrons. The summed E-state index contributed by atoms with van der Waals surface area (Å²) in [5, 5.41) is 17.8. The molecule has 0 aliphatic carbocycles. The topological polar surface area (TPSA) is 96.9 Å². The Hall–Kier alpha value is -4.46. The van der Waals surface area contributed by atoms with Crippen molar-refractivity contribution in [2.45, 2.75) is 19.4 Å². The summed E-state index contributed by atoms with van der Waals surface area (Å²) in [7, 11) is 3.21. The first-order valence-corrected chi connectivity index (χ1v) is 12.2. The number of methoxy groups -OCH3 is 2. The number of amides is 1. The summed E-state index contributed by atoms with van der Waals surface area (Å²) in [5.74, 6) is 1.61. The Labute approximate surface area is 215 Å². The number of rotatable bonds is 9. The smallest absolute Gasteiger partial charge is 0.273 e. The number of ether oxygens (including phenoxy) is 3. The normalized spacial score (nSPS) is 14.5. The van der Waals surface area contributed by atoms with Crippen molar-refractivity contribution in [2.75, 3.05) is 27.4 Å². The quantitative estimate of drug-likeness (QED) is 0.337. The van der Waals surface area contributed by atoms with Gasteiger partial charge in [0.15, 0.2) is 23.0 Å². The van der Waals surface area contributed by atoms with Gasteiger partial charge in [-0.15, -0.1) is 0 Å². The van der Waals surface area contributed by atoms with E-state index < -0.39 is 6.04 Å². The van der Waals surface area contributed by atoms with Crippen LogP contribution in [-0.2, 0) is 6.42 Å². The second-order valence-corrected chi connectivity index (χ2v) is 8.73. The number of carbonyl (C=O) groups is 1. The number of phenolic OH excluding ortho intramolecular Hbond substituents is 1. The summed E-state index contributed by atoms with van der Waals surface area (Å²) < 4.78 is 16.5. The van der Waals surface area contributed by atoms with Crippen molar-refractivity contribution in [2.24, 2.45) is 0 Å². The molecule has 1 aliphatic heterocycles. The molecule has 0 spiro atoms. The van der Waals surface area contributed by atoms with E-state index in [1.165, 1.54) is 0 Å². The third-order valence-electron chi connectivity index (χ3n) is 6.60. The molecule has 0 saturated carbocycles. The molecule has 37 heavy (non-hydrogen) atoms. The van der Waals surface area contributed by atoms with Gasteiger partial charge >= 0.3 is 0 Å². The maximum absolute atomic E-state index is 13.7. The molecule has 0 bridgehead atoms. The van der Waals surface area contributed by atoms with Crippen LogP contribution in [0.1, 0.15) is 40.1 Å². The van der Waals surface area contributed by atoms with Gasteiger partial charge in [0.1, 0.15) is 5.69 Å². The van der Waals surface area contributed by atoms with E-state index in [0.717, 1.165) is 27.9 Å². The molecule has 8 nitrogen and oxygen atoms in total. The van der Waals surface area contributed by atoms with Crippen molar-refractivity contribution < 1.29 is 24.1 Å². The summed E-state index contributed by atoms with van der Waals surface area (Å²) in [6.07, 6.45) is 0.609. The molecule has 2 heterocycles. The van der Waals surface area contributed by atoms with Crippen LogP contribution >= 0.6 is 0 Å². The lowest BCUT2D eigenvalue weighted by molar-refractivity contribution is 0.0745. The fraction of sp³-hybridized carbons (Fsp3) is 0.241. The maximum atomic E-state index is 13.7. The van der Waals surface area contributed by atoms with Crippen LogP contribution in [0.15, 0.2) is 66.7 Å². The van der Waals surface area contributed by atoms with E-state index in [1.54, 1.807) is 26.4 Å². The van der Waals surface area contributed by atoms with Crippen molar-refractivity contribution in [3.63, 3.8) is 0 Å². The summed E-state index contributed by atoms with van der Waals surface area (Å²) in [6, 6.07) is 20.4. The van der Waals surface area contributed by atoms with Crippen LogP contribution in [0.2, 0.25) is 0 Å². The average Bonchev–Trinajstić information content (AvgIpc) is 3.48. The van der Waals surface area contributed by atoms with Gasteiger partial charge in [0.2, 0.25) is 0 Å². The van der Waals surface area contributed by atoms with Crippen molar-refractivity contribution in [1.29, 1.82) is 0 Å². The number of carbonyl (C=O) groups excluding carboxylic acids is 1. The third-order valence-corrected chi connectivity index (χ3v) is 6.60. The molecule has 1 atom stereocenters. The number of H-pyrrole nitrogens is 1. The monoisotopic (exact) mass is 499 g/mol. The summed E-state index contributed by atoms with van der Waals surface area (Å²) >= 11 is 0. The Kier molecular flexibility index (Phi) is 6.72. The highest BCUT2D eigenvalue weighted by Gasteiger charge is 2.42. The number of aromatic amines is 1. The summed E-state index contributed by atoms with van der Waals surface area (Å²) in [6.45, 7) is 2.73. The van der Waals surface area contributed by atoms with Gasteiger partial charge in [0, 0.05) is 17.7 Å². The lowest BCUT2D eigenvalue weighted by Crippen LogP contribution is -2.31. The number of nitrogens with zero attached hydrogens (tertiary/aromatic N) is 2. The molecule has 5 rings (SSSR count). The SMILES string of the molecule is CCOc1cc(C2c3c(-c4ccccc4)n[nH]c3C(=O)N2CCc2ccc(OC)c(OC)c2)ccc1O. The number of fused-ring (bicyclic) bond motifs is 1. The first-order chi connectivity index (χ1) is 18.0. The van der Waals surface area contributed by atoms with E-state index in [9.17, 15) is 9.90 Å². The van der Waals surface area contributed by atoms with Gasteiger partial charge in [0.25, 0.3) is 5.91 Å². The predicted molar refractivity (Wildman–Crippen MR) is 139 cm³/mol. The van der Waals surface area contributed by atoms with Gasteiger partial charge in [-0.25, -0.2) is 0 Å². The van der Waals surface area contributed by atoms with E-state index in [1.807, 2.05) is 66.4 Å². The third kappa shape index (κ3) is 4.46. The van der Waals surface area contributed by atoms with Gasteiger partial charge < -0.3 is 24.2 Å². The molecule has 1 unspecified atom stereocenters. The highest BCUT2D eigenvalue weighted by molar-refractivity contribution is 6.00. The van der Waals surface area contributed by atoms with Gasteiger partial charge in [-0.05, 0) is 48.7 Å². The Balaban J connectivity index is 1.55. The van der Waals surface area contributed by atoms with Crippen LogP contribution in [0.25, 0.3) is 11.3 Å². The molecule has 8 heteroatoms. The standard InChI is InChI=1S/C29H29N3O5/c1-4-37-23-17-20(11-12-21(23)33)28-25-26(19-8-6-5-7-9-19)30-31-27(25)29(34)32(28)15-14-18-10-13-22(35-2)24(16-18)36-3/h5-13,16-17,28,33H,4,14-15H2,1-3H3,(H,30,31). The van der Waals surface area contributed by atoms with Crippen molar-refractivity contribution in [1.82, 2.24) is 15.1 Å². The molecular formula is C29H29N3O5. The van der Waals surface area contributed by atoms with Crippen LogP contribution < -0.4 is 14.2 Å². The summed E-state index contributed by atoms with van der Waals surface area (Å²) in [5.41, 5.74) is 4.79. The van der Waals surface area contributed by atoms with Gasteiger partial charge in [-0.2, -0.15) is 5.10 Å². The Morgan fingerprint density at radius 1 is 0.973 bits per heavy atom. The van der Waals surface area contributed by atoms with E-state index in [-0.39, 0.29) is 11.7 Å². The fourth-order valence-corrected chi connectivity index (χ4v) is 4.85. The minimum absolute atomic E-state index is 0.0579. The van der Waals surface area contributed by atoms with E-state index in [0.29, 0.717) is 42.5 Å². The molecular weight excluding hydrogens is 470 g/mol. The number of aromatic hydroxyl groups is 1. The van der Waals surface area contributed by atoms with E-state index in [2.05, 4.69) is 10.2 Å². The molecule has 190 valence electrons. The molecule has 4 aromatic rings. The zero-order valence-electron chi connectivity index (χ0n) is 21.0. The maximum Gasteiger partial charge on any atom is 0.273 e.